The summed E-state index contributed by atoms with van der Waals surface area (Å²) in [5.41, 5.74) is 4.74. The number of aromatic nitrogens is 4. The topological polar surface area (TPSA) is 152 Å². The fourth-order valence-electron chi connectivity index (χ4n) is 8.16. The van der Waals surface area contributed by atoms with Crippen molar-refractivity contribution in [2.45, 2.75) is 51.8 Å². The summed E-state index contributed by atoms with van der Waals surface area (Å²) in [6.07, 6.45) is 2.63. The number of benzene rings is 2. The van der Waals surface area contributed by atoms with E-state index in [1.165, 1.54) is 0 Å². The minimum Gasteiger partial charge on any atom is -0.491 e. The van der Waals surface area contributed by atoms with Crippen molar-refractivity contribution in [1.29, 1.82) is 0 Å². The first-order valence-electron chi connectivity index (χ1n) is 19.6. The average molecular weight is 763 g/mol. The zero-order valence-corrected chi connectivity index (χ0v) is 32.4. The number of nitrogens with zero attached hydrogens (tertiary/aromatic N) is 8. The Bertz CT molecular complexity index is 2130. The molecule has 6 heterocycles. The molecule has 0 saturated carbocycles. The van der Waals surface area contributed by atoms with Crippen molar-refractivity contribution in [1.82, 2.24) is 40.2 Å². The van der Waals surface area contributed by atoms with E-state index in [1.807, 2.05) is 44.2 Å². The van der Waals surface area contributed by atoms with Crippen molar-refractivity contribution in [2.75, 3.05) is 81.9 Å². The number of piperidine rings is 1. The molecule has 0 spiro atoms. The molecular formula is C41H50N10O5. The number of hydrogen-bond donors (Lipinski definition) is 2. The van der Waals surface area contributed by atoms with Gasteiger partial charge in [0.2, 0.25) is 5.91 Å². The number of hydrogen-bond acceptors (Lipinski definition) is 12. The Balaban J connectivity index is 0.765. The number of carbonyl (C=O) groups excluding carboxylic acids is 3. The fraction of sp³-hybridized carbons (Fsp3) is 0.463. The van der Waals surface area contributed by atoms with E-state index in [-0.39, 0.29) is 12.0 Å². The van der Waals surface area contributed by atoms with Crippen LogP contribution in [0.1, 0.15) is 54.3 Å². The Morgan fingerprint density at radius 3 is 2.46 bits per heavy atom. The second kappa shape index (κ2) is 16.0. The Kier molecular flexibility index (Phi) is 10.7. The van der Waals surface area contributed by atoms with Gasteiger partial charge >= 0.3 is 0 Å². The standard InChI is InChI=1S/C41H50N10O5/c1-26(2)56-30-7-9-34-33(22-30)38(46-45-34)35-23-37(43-25-42-35)50-16-15-48(28(4)24-50)18-20-55-19-17-47-11-13-49(14-12-47)29-6-8-31-32(21-29)41(54)51(40(31)53)36-10-5-27(3)44-39(36)52/h6-9,21-23,25-26,28,36H,3,5,10-20,24H2,1-2,4H3,(H,44,52)(H,45,46). The van der Waals surface area contributed by atoms with E-state index in [9.17, 15) is 14.4 Å². The van der Waals surface area contributed by atoms with E-state index >= 15 is 0 Å². The third kappa shape index (κ3) is 7.71. The van der Waals surface area contributed by atoms with E-state index in [4.69, 9.17) is 9.47 Å². The predicted molar refractivity (Wildman–Crippen MR) is 213 cm³/mol. The molecular weight excluding hydrogens is 713 g/mol. The molecule has 2 aromatic carbocycles. The van der Waals surface area contributed by atoms with Crippen LogP contribution >= 0.6 is 0 Å². The molecule has 3 saturated heterocycles. The third-order valence-electron chi connectivity index (χ3n) is 11.2. The maximum atomic E-state index is 13.3. The van der Waals surface area contributed by atoms with Crippen LogP contribution in [0.25, 0.3) is 22.3 Å². The molecule has 2 unspecified atom stereocenters. The summed E-state index contributed by atoms with van der Waals surface area (Å²) in [5, 5.41) is 11.4. The monoisotopic (exact) mass is 762 g/mol. The Morgan fingerprint density at radius 1 is 0.893 bits per heavy atom. The number of nitrogens with one attached hydrogen (secondary N) is 2. The number of carbonyl (C=O) groups is 3. The van der Waals surface area contributed by atoms with Crippen LogP contribution in [0.15, 0.2) is 61.1 Å². The van der Waals surface area contributed by atoms with Crippen molar-refractivity contribution >= 4 is 40.1 Å². The predicted octanol–water partition coefficient (Wildman–Crippen LogP) is 3.54. The highest BCUT2D eigenvalue weighted by atomic mass is 16.5. The van der Waals surface area contributed by atoms with Crippen LogP contribution in [0.4, 0.5) is 11.5 Å². The minimum atomic E-state index is -0.809. The number of imide groups is 1. The summed E-state index contributed by atoms with van der Waals surface area (Å²) in [6, 6.07) is 12.9. The van der Waals surface area contributed by atoms with Gasteiger partial charge in [-0.1, -0.05) is 6.58 Å². The second-order valence-corrected chi connectivity index (χ2v) is 15.3. The number of H-pyrrole nitrogens is 1. The van der Waals surface area contributed by atoms with Gasteiger partial charge in [0.1, 0.15) is 29.6 Å². The van der Waals surface area contributed by atoms with Gasteiger partial charge in [0.05, 0.1) is 41.7 Å². The second-order valence-electron chi connectivity index (χ2n) is 15.3. The fourth-order valence-corrected chi connectivity index (χ4v) is 8.16. The smallest absolute Gasteiger partial charge is 0.262 e. The molecule has 2 atom stereocenters. The highest BCUT2D eigenvalue weighted by molar-refractivity contribution is 6.23. The van der Waals surface area contributed by atoms with E-state index in [0.29, 0.717) is 48.9 Å². The minimum absolute atomic E-state index is 0.0827. The highest BCUT2D eigenvalue weighted by Crippen LogP contribution is 2.33. The van der Waals surface area contributed by atoms with Crippen LogP contribution in [0.2, 0.25) is 0 Å². The highest BCUT2D eigenvalue weighted by Gasteiger charge is 2.44. The van der Waals surface area contributed by atoms with E-state index in [2.05, 4.69) is 58.6 Å². The van der Waals surface area contributed by atoms with Crippen LogP contribution in [-0.2, 0) is 9.53 Å². The number of rotatable bonds is 12. The molecule has 0 aliphatic carbocycles. The summed E-state index contributed by atoms with van der Waals surface area (Å²) < 4.78 is 12.0. The SMILES string of the molecule is C=C1CCC(N2C(=O)c3ccc(N4CCN(CCOCCN5CCN(c6cc(-c7n[nH]c8ccc(OC(C)C)cc78)ncn6)CC5C)CC4)cc3C2=O)C(=O)N1. The number of allylic oxidation sites excluding steroid dienone is 1. The van der Waals surface area contributed by atoms with Gasteiger partial charge in [0.25, 0.3) is 11.8 Å². The Morgan fingerprint density at radius 2 is 1.68 bits per heavy atom. The maximum absolute atomic E-state index is 13.3. The first-order chi connectivity index (χ1) is 27.1. The van der Waals surface area contributed by atoms with Crippen LogP contribution in [0, 0.1) is 0 Å². The van der Waals surface area contributed by atoms with Crippen molar-refractivity contribution in [3.05, 3.63) is 72.2 Å². The molecule has 8 rings (SSSR count). The zero-order valence-electron chi connectivity index (χ0n) is 32.4. The molecule has 0 bridgehead atoms. The van der Waals surface area contributed by atoms with Gasteiger partial charge < -0.3 is 24.6 Å². The van der Waals surface area contributed by atoms with Crippen LogP contribution < -0.4 is 19.9 Å². The number of anilines is 2. The number of ether oxygens (including phenoxy) is 2. The molecule has 2 N–H and O–H groups in total. The lowest BCUT2D eigenvalue weighted by atomic mass is 10.0. The van der Waals surface area contributed by atoms with Crippen LogP contribution in [0.5, 0.6) is 5.75 Å². The van der Waals surface area contributed by atoms with Gasteiger partial charge in [-0.15, -0.1) is 0 Å². The molecule has 56 heavy (non-hydrogen) atoms. The molecule has 0 radical (unpaired) electrons. The Hall–Kier alpha value is -5.38. The summed E-state index contributed by atoms with van der Waals surface area (Å²) in [7, 11) is 0. The molecule has 15 nitrogen and oxygen atoms in total. The van der Waals surface area contributed by atoms with E-state index < -0.39 is 17.9 Å². The van der Waals surface area contributed by atoms with Gasteiger partial charge in [0, 0.05) is 87.8 Å². The lowest BCUT2D eigenvalue weighted by molar-refractivity contribution is -0.125. The van der Waals surface area contributed by atoms with Gasteiger partial charge in [0.15, 0.2) is 0 Å². The maximum Gasteiger partial charge on any atom is 0.262 e. The van der Waals surface area contributed by atoms with Gasteiger partial charge in [-0.2, -0.15) is 5.10 Å². The van der Waals surface area contributed by atoms with Crippen molar-refractivity contribution in [3.63, 3.8) is 0 Å². The first-order valence-corrected chi connectivity index (χ1v) is 19.6. The molecule has 3 fully saturated rings. The summed E-state index contributed by atoms with van der Waals surface area (Å²) in [4.78, 5) is 58.8. The van der Waals surface area contributed by atoms with Gasteiger partial charge in [-0.05, 0) is 70.0 Å². The van der Waals surface area contributed by atoms with Crippen molar-refractivity contribution in [2.24, 2.45) is 0 Å². The number of aromatic amines is 1. The van der Waals surface area contributed by atoms with Gasteiger partial charge in [-0.25, -0.2) is 9.97 Å². The van der Waals surface area contributed by atoms with Gasteiger partial charge in [-0.3, -0.25) is 34.2 Å². The number of amides is 3. The normalized spacial score (nSPS) is 21.0. The first kappa shape index (κ1) is 37.5. The summed E-state index contributed by atoms with van der Waals surface area (Å²) in [6.45, 7) is 19.1. The number of piperazine rings is 2. The largest absolute Gasteiger partial charge is 0.491 e. The molecule has 4 aliphatic rings. The van der Waals surface area contributed by atoms with E-state index in [0.717, 1.165) is 103 Å². The van der Waals surface area contributed by atoms with Crippen LogP contribution in [0.3, 0.4) is 0 Å². The lowest BCUT2D eigenvalue weighted by Crippen LogP contribution is -2.53. The third-order valence-corrected chi connectivity index (χ3v) is 11.2. The quantitative estimate of drug-likeness (QED) is 0.161. The molecule has 4 aliphatic heterocycles. The van der Waals surface area contributed by atoms with Crippen molar-refractivity contribution in [3.8, 4) is 17.1 Å². The molecule has 294 valence electrons. The van der Waals surface area contributed by atoms with Crippen molar-refractivity contribution < 1.29 is 23.9 Å². The zero-order chi connectivity index (χ0) is 38.9. The molecule has 3 amide bonds. The number of fused-ring (bicyclic) bond motifs is 2. The summed E-state index contributed by atoms with van der Waals surface area (Å²) in [5.74, 6) is 0.532. The average Bonchev–Trinajstić information content (AvgIpc) is 3.72. The molecule has 15 heteroatoms. The lowest BCUT2D eigenvalue weighted by Gasteiger charge is -2.40. The van der Waals surface area contributed by atoms with E-state index in [1.54, 1.807) is 18.5 Å². The molecule has 2 aromatic heterocycles. The van der Waals surface area contributed by atoms with Crippen LogP contribution in [-0.4, -0.2) is 143 Å². The molecule has 4 aromatic rings. The summed E-state index contributed by atoms with van der Waals surface area (Å²) >= 11 is 0. The Labute approximate surface area is 326 Å².